The van der Waals surface area contributed by atoms with E-state index < -0.39 is 17.8 Å². The van der Waals surface area contributed by atoms with Crippen molar-refractivity contribution in [3.8, 4) is 17.6 Å². The van der Waals surface area contributed by atoms with Crippen LogP contribution in [-0.4, -0.2) is 31.9 Å². The number of ether oxygens (including phenoxy) is 3. The minimum atomic E-state index is -4.39. The maximum atomic E-state index is 12.8. The highest BCUT2D eigenvalue weighted by Gasteiger charge is 2.30. The molecule has 0 aromatic heterocycles. The van der Waals surface area contributed by atoms with Crippen molar-refractivity contribution >= 4 is 5.97 Å². The lowest BCUT2D eigenvalue weighted by molar-refractivity contribution is -0.156. The summed E-state index contributed by atoms with van der Waals surface area (Å²) in [6.07, 6.45) is -2.89. The van der Waals surface area contributed by atoms with E-state index in [1.54, 1.807) is 32.1 Å². The number of allylic oxidation sites excluding steroid dienone is 1. The lowest BCUT2D eigenvalue weighted by Gasteiger charge is -2.15. The molecule has 7 heteroatoms. The summed E-state index contributed by atoms with van der Waals surface area (Å²) in [5.74, 6) is 5.82. The van der Waals surface area contributed by atoms with Crippen molar-refractivity contribution in [2.45, 2.75) is 39.5 Å². The van der Waals surface area contributed by atoms with Gasteiger partial charge in [-0.15, -0.1) is 0 Å². The number of hydrogen-bond acceptors (Lipinski definition) is 4. The Hall–Kier alpha value is -3.24. The molecule has 0 saturated carbocycles. The Morgan fingerprint density at radius 1 is 1.09 bits per heavy atom. The van der Waals surface area contributed by atoms with Crippen LogP contribution in [0, 0.1) is 11.8 Å². The number of alkyl halides is 3. The maximum Gasteiger partial charge on any atom is 0.416 e. The molecule has 176 valence electrons. The van der Waals surface area contributed by atoms with Gasteiger partial charge in [0.25, 0.3) is 0 Å². The predicted octanol–water partition coefficient (Wildman–Crippen LogP) is 5.59. The van der Waals surface area contributed by atoms with Crippen LogP contribution >= 0.6 is 0 Å². The zero-order chi connectivity index (χ0) is 24.3. The van der Waals surface area contributed by atoms with Gasteiger partial charge in [0.15, 0.2) is 6.10 Å². The molecule has 33 heavy (non-hydrogen) atoms. The molecule has 2 aromatic rings. The van der Waals surface area contributed by atoms with Crippen molar-refractivity contribution in [3.63, 3.8) is 0 Å². The van der Waals surface area contributed by atoms with Crippen molar-refractivity contribution in [1.82, 2.24) is 0 Å². The molecule has 2 rings (SSSR count). The Labute approximate surface area is 192 Å². The highest BCUT2D eigenvalue weighted by atomic mass is 19.4. The molecule has 2 aromatic carbocycles. The second-order valence-corrected chi connectivity index (χ2v) is 7.07. The summed E-state index contributed by atoms with van der Waals surface area (Å²) >= 11 is 0. The number of hydrogen-bond donors (Lipinski definition) is 0. The van der Waals surface area contributed by atoms with Crippen molar-refractivity contribution in [2.75, 3.05) is 19.8 Å². The molecule has 0 bridgehead atoms. The molecule has 0 aliphatic heterocycles. The summed E-state index contributed by atoms with van der Waals surface area (Å²) in [4.78, 5) is 12.0. The van der Waals surface area contributed by atoms with E-state index in [1.165, 1.54) is 12.1 Å². The fourth-order valence-corrected chi connectivity index (χ4v) is 2.84. The van der Waals surface area contributed by atoms with E-state index in [1.807, 2.05) is 19.1 Å². The summed E-state index contributed by atoms with van der Waals surface area (Å²) < 4.78 is 54.5. The van der Waals surface area contributed by atoms with Crippen LogP contribution in [0.4, 0.5) is 13.2 Å². The Kier molecular flexibility index (Phi) is 10.0. The normalized spacial score (nSPS) is 12.5. The number of benzene rings is 2. The van der Waals surface area contributed by atoms with Crippen LogP contribution in [0.15, 0.2) is 60.2 Å². The van der Waals surface area contributed by atoms with E-state index in [4.69, 9.17) is 14.2 Å². The van der Waals surface area contributed by atoms with Gasteiger partial charge >= 0.3 is 12.1 Å². The van der Waals surface area contributed by atoms with Crippen LogP contribution in [0.3, 0.4) is 0 Å². The number of carbonyl (C=O) groups excluding carboxylic acids is 1. The molecule has 0 aliphatic carbocycles. The van der Waals surface area contributed by atoms with Gasteiger partial charge in [-0.3, -0.25) is 0 Å². The molecule has 0 saturated heterocycles. The first-order chi connectivity index (χ1) is 15.7. The third kappa shape index (κ3) is 9.03. The molecular formula is C26H27F3O4. The molecule has 0 spiro atoms. The van der Waals surface area contributed by atoms with Crippen molar-refractivity contribution in [3.05, 3.63) is 76.9 Å². The Bertz CT molecular complexity index is 999. The van der Waals surface area contributed by atoms with E-state index >= 15 is 0 Å². The van der Waals surface area contributed by atoms with Crippen molar-refractivity contribution in [2.24, 2.45) is 0 Å². The zero-order valence-electron chi connectivity index (χ0n) is 18.9. The van der Waals surface area contributed by atoms with Gasteiger partial charge in [-0.1, -0.05) is 30.0 Å². The molecule has 0 amide bonds. The first kappa shape index (κ1) is 26.0. The average Bonchev–Trinajstić information content (AvgIpc) is 2.78. The van der Waals surface area contributed by atoms with Gasteiger partial charge in [0.2, 0.25) is 0 Å². The highest BCUT2D eigenvalue weighted by molar-refractivity contribution is 5.75. The number of carbonyl (C=O) groups is 1. The molecule has 0 aliphatic rings. The van der Waals surface area contributed by atoms with E-state index in [0.717, 1.165) is 17.7 Å². The first-order valence-corrected chi connectivity index (χ1v) is 10.6. The van der Waals surface area contributed by atoms with E-state index in [2.05, 4.69) is 11.8 Å². The third-order valence-electron chi connectivity index (χ3n) is 4.50. The largest absolute Gasteiger partial charge is 0.490 e. The number of esters is 1. The van der Waals surface area contributed by atoms with Crippen molar-refractivity contribution < 1.29 is 32.2 Å². The summed E-state index contributed by atoms with van der Waals surface area (Å²) in [6.45, 7) is 6.30. The minimum Gasteiger partial charge on any atom is -0.490 e. The fourth-order valence-electron chi connectivity index (χ4n) is 2.84. The monoisotopic (exact) mass is 460 g/mol. The summed E-state index contributed by atoms with van der Waals surface area (Å²) in [5, 5.41) is 0. The molecule has 0 radical (unpaired) electrons. The quantitative estimate of drug-likeness (QED) is 0.361. The third-order valence-corrected chi connectivity index (χ3v) is 4.50. The lowest BCUT2D eigenvalue weighted by atomic mass is 10.1. The van der Waals surface area contributed by atoms with Gasteiger partial charge in [0, 0.05) is 18.6 Å². The van der Waals surface area contributed by atoms with Crippen LogP contribution in [0.2, 0.25) is 0 Å². The van der Waals surface area contributed by atoms with Gasteiger partial charge in [0.1, 0.15) is 12.4 Å². The average molecular weight is 460 g/mol. The molecule has 0 N–H and O–H groups in total. The topological polar surface area (TPSA) is 44.8 Å². The molecule has 1 unspecified atom stereocenters. The standard InChI is InChI=1S/C26H27F3O4/c1-4-31-24(25(30)32-5-2)18-21-11-13-23(14-12-21)33-16-15-19(3)9-10-20-7-6-8-22(17-20)26(27,28)29/h6-8,11-15,17,24H,4-5,16,18H2,1-3H3/b19-15-. The fraction of sp³-hybridized carbons (Fsp3) is 0.346. The number of halogens is 3. The summed E-state index contributed by atoms with van der Waals surface area (Å²) in [5.41, 5.74) is 1.16. The Morgan fingerprint density at radius 3 is 2.45 bits per heavy atom. The molecule has 0 fully saturated rings. The Morgan fingerprint density at radius 2 is 1.82 bits per heavy atom. The van der Waals surface area contributed by atoms with Crippen LogP contribution in [0.5, 0.6) is 5.75 Å². The summed E-state index contributed by atoms with van der Waals surface area (Å²) in [7, 11) is 0. The van der Waals surface area contributed by atoms with E-state index in [0.29, 0.717) is 36.5 Å². The summed E-state index contributed by atoms with van der Waals surface area (Å²) in [6, 6.07) is 12.2. The smallest absolute Gasteiger partial charge is 0.416 e. The zero-order valence-corrected chi connectivity index (χ0v) is 18.9. The second-order valence-electron chi connectivity index (χ2n) is 7.07. The van der Waals surface area contributed by atoms with Gasteiger partial charge in [-0.2, -0.15) is 13.2 Å². The van der Waals surface area contributed by atoms with E-state index in [-0.39, 0.29) is 12.6 Å². The highest BCUT2D eigenvalue weighted by Crippen LogP contribution is 2.29. The van der Waals surface area contributed by atoms with Crippen LogP contribution < -0.4 is 4.74 Å². The molecule has 0 heterocycles. The first-order valence-electron chi connectivity index (χ1n) is 10.6. The minimum absolute atomic E-state index is 0.257. The molecule has 1 atom stereocenters. The second kappa shape index (κ2) is 12.7. The van der Waals surface area contributed by atoms with Gasteiger partial charge in [-0.25, -0.2) is 4.79 Å². The SMILES string of the molecule is CCOC(=O)C(Cc1ccc(OC/C=C(/C)C#Cc2cccc(C(F)(F)F)c2)cc1)OCC. The Balaban J connectivity index is 1.91. The maximum absolute atomic E-state index is 12.8. The lowest BCUT2D eigenvalue weighted by Crippen LogP contribution is -2.28. The predicted molar refractivity (Wildman–Crippen MR) is 120 cm³/mol. The van der Waals surface area contributed by atoms with Crippen LogP contribution in [0.1, 0.15) is 37.5 Å². The van der Waals surface area contributed by atoms with Crippen LogP contribution in [0.25, 0.3) is 0 Å². The van der Waals surface area contributed by atoms with E-state index in [9.17, 15) is 18.0 Å². The van der Waals surface area contributed by atoms with Crippen LogP contribution in [-0.2, 0) is 26.9 Å². The van der Waals surface area contributed by atoms with Crippen molar-refractivity contribution in [1.29, 1.82) is 0 Å². The molecule has 4 nitrogen and oxygen atoms in total. The van der Waals surface area contributed by atoms with Gasteiger partial charge < -0.3 is 14.2 Å². The van der Waals surface area contributed by atoms with Gasteiger partial charge in [-0.05, 0) is 68.3 Å². The number of rotatable bonds is 9. The molecular weight excluding hydrogens is 433 g/mol. The van der Waals surface area contributed by atoms with Gasteiger partial charge in [0.05, 0.1) is 12.2 Å².